The average molecular weight is 399 g/mol. The van der Waals surface area contributed by atoms with Gasteiger partial charge in [0, 0.05) is 26.2 Å². The Balaban J connectivity index is 1.47. The van der Waals surface area contributed by atoms with Crippen LogP contribution in [-0.2, 0) is 0 Å². The molecule has 7 heteroatoms. The molecule has 1 amide bonds. The maximum atomic E-state index is 13.2. The smallest absolute Gasteiger partial charge is 0.257 e. The number of aromatic nitrogens is 2. The predicted octanol–water partition coefficient (Wildman–Crippen LogP) is 3.94. The van der Waals surface area contributed by atoms with Gasteiger partial charge in [-0.2, -0.15) is 5.10 Å². The zero-order chi connectivity index (χ0) is 19.7. The molecule has 5 nitrogen and oxygen atoms in total. The monoisotopic (exact) mass is 398 g/mol. The molecule has 1 aromatic heterocycles. The highest BCUT2D eigenvalue weighted by Crippen LogP contribution is 2.26. The van der Waals surface area contributed by atoms with E-state index >= 15 is 0 Å². The number of anilines is 1. The zero-order valence-corrected chi connectivity index (χ0v) is 16.2. The summed E-state index contributed by atoms with van der Waals surface area (Å²) in [4.78, 5) is 17.0. The summed E-state index contributed by atoms with van der Waals surface area (Å²) in [5.74, 6) is -0.342. The number of para-hydroxylation sites is 1. The molecule has 0 unspecified atom stereocenters. The van der Waals surface area contributed by atoms with Crippen molar-refractivity contribution < 1.29 is 9.18 Å². The van der Waals surface area contributed by atoms with E-state index in [0.717, 1.165) is 35.2 Å². The summed E-state index contributed by atoms with van der Waals surface area (Å²) in [6, 6.07) is 13.8. The van der Waals surface area contributed by atoms with Crippen LogP contribution in [0.3, 0.4) is 0 Å². The summed E-state index contributed by atoms with van der Waals surface area (Å²) in [6.45, 7) is 4.53. The summed E-state index contributed by atoms with van der Waals surface area (Å²) in [7, 11) is 0. The molecule has 1 saturated heterocycles. The van der Waals surface area contributed by atoms with Crippen LogP contribution in [0.4, 0.5) is 10.1 Å². The maximum absolute atomic E-state index is 13.2. The Labute approximate surface area is 167 Å². The Morgan fingerprint density at radius 3 is 2.39 bits per heavy atom. The molecule has 0 spiro atoms. The minimum Gasteiger partial charge on any atom is -0.367 e. The first-order valence-corrected chi connectivity index (χ1v) is 9.51. The standard InChI is InChI=1S/C21H20ClFN4O/c1-15-18(14-24-27(15)17-8-6-16(23)7-9-17)21(28)26-12-10-25(11-13-26)20-5-3-2-4-19(20)22/h2-9,14H,10-13H2,1H3. The van der Waals surface area contributed by atoms with Crippen LogP contribution >= 0.6 is 11.6 Å². The van der Waals surface area contributed by atoms with Crippen LogP contribution in [0.5, 0.6) is 0 Å². The number of carbonyl (C=O) groups is 1. The van der Waals surface area contributed by atoms with Crippen molar-refractivity contribution in [2.24, 2.45) is 0 Å². The number of halogens is 2. The van der Waals surface area contributed by atoms with Crippen LogP contribution in [0.2, 0.25) is 5.02 Å². The highest BCUT2D eigenvalue weighted by Gasteiger charge is 2.25. The van der Waals surface area contributed by atoms with Gasteiger partial charge in [-0.3, -0.25) is 4.79 Å². The molecule has 0 bridgehead atoms. The Kier molecular flexibility index (Phi) is 5.05. The molecule has 2 heterocycles. The summed E-state index contributed by atoms with van der Waals surface area (Å²) in [5.41, 5.74) is 3.03. The number of nitrogens with zero attached hydrogens (tertiary/aromatic N) is 4. The minimum absolute atomic E-state index is 0.0373. The van der Waals surface area contributed by atoms with Gasteiger partial charge in [-0.25, -0.2) is 9.07 Å². The second kappa shape index (κ2) is 7.64. The van der Waals surface area contributed by atoms with Crippen molar-refractivity contribution in [3.05, 3.63) is 76.8 Å². The molecule has 0 atom stereocenters. The van der Waals surface area contributed by atoms with Crippen LogP contribution in [0.1, 0.15) is 16.1 Å². The first kappa shape index (κ1) is 18.5. The van der Waals surface area contributed by atoms with Crippen LogP contribution in [0.15, 0.2) is 54.7 Å². The highest BCUT2D eigenvalue weighted by atomic mass is 35.5. The third-order valence-electron chi connectivity index (χ3n) is 5.07. The van der Waals surface area contributed by atoms with Gasteiger partial charge in [-0.1, -0.05) is 23.7 Å². The minimum atomic E-state index is -0.304. The van der Waals surface area contributed by atoms with Crippen molar-refractivity contribution >= 4 is 23.2 Å². The zero-order valence-electron chi connectivity index (χ0n) is 15.5. The van der Waals surface area contributed by atoms with Crippen molar-refractivity contribution in [2.75, 3.05) is 31.1 Å². The normalized spacial score (nSPS) is 14.4. The number of benzene rings is 2. The largest absolute Gasteiger partial charge is 0.367 e. The topological polar surface area (TPSA) is 41.4 Å². The number of hydrogen-bond donors (Lipinski definition) is 0. The molecule has 1 aliphatic heterocycles. The van der Waals surface area contributed by atoms with Gasteiger partial charge in [0.15, 0.2) is 0 Å². The van der Waals surface area contributed by atoms with E-state index in [1.807, 2.05) is 36.1 Å². The molecule has 2 aromatic carbocycles. The lowest BCUT2D eigenvalue weighted by atomic mass is 10.2. The fourth-order valence-electron chi connectivity index (χ4n) is 3.49. The van der Waals surface area contributed by atoms with E-state index in [9.17, 15) is 9.18 Å². The molecular weight excluding hydrogens is 379 g/mol. The van der Waals surface area contributed by atoms with E-state index in [0.29, 0.717) is 18.7 Å². The molecule has 1 fully saturated rings. The Morgan fingerprint density at radius 1 is 1.04 bits per heavy atom. The maximum Gasteiger partial charge on any atom is 0.257 e. The van der Waals surface area contributed by atoms with Crippen LogP contribution in [0.25, 0.3) is 5.69 Å². The summed E-state index contributed by atoms with van der Waals surface area (Å²) < 4.78 is 14.8. The molecule has 4 rings (SSSR count). The fraction of sp³-hybridized carbons (Fsp3) is 0.238. The predicted molar refractivity (Wildman–Crippen MR) is 108 cm³/mol. The van der Waals surface area contributed by atoms with Gasteiger partial charge in [0.2, 0.25) is 0 Å². The van der Waals surface area contributed by atoms with E-state index in [-0.39, 0.29) is 11.7 Å². The van der Waals surface area contributed by atoms with Crippen molar-refractivity contribution in [3.8, 4) is 5.69 Å². The molecule has 0 saturated carbocycles. The van der Waals surface area contributed by atoms with Gasteiger partial charge in [0.25, 0.3) is 5.91 Å². The van der Waals surface area contributed by atoms with E-state index in [4.69, 9.17) is 11.6 Å². The molecule has 0 N–H and O–H groups in total. The highest BCUT2D eigenvalue weighted by molar-refractivity contribution is 6.33. The fourth-order valence-corrected chi connectivity index (χ4v) is 3.75. The Bertz CT molecular complexity index is 994. The van der Waals surface area contributed by atoms with Crippen LogP contribution in [-0.4, -0.2) is 46.8 Å². The van der Waals surface area contributed by atoms with Crippen molar-refractivity contribution in [2.45, 2.75) is 6.92 Å². The SMILES string of the molecule is Cc1c(C(=O)N2CCN(c3ccccc3Cl)CC2)cnn1-c1ccc(F)cc1. The number of amides is 1. The second-order valence-electron chi connectivity index (χ2n) is 6.76. The molecular formula is C21H20ClFN4O. The number of hydrogen-bond acceptors (Lipinski definition) is 3. The number of rotatable bonds is 3. The molecule has 0 radical (unpaired) electrons. The van der Waals surface area contributed by atoms with E-state index in [1.165, 1.54) is 12.1 Å². The summed E-state index contributed by atoms with van der Waals surface area (Å²) in [6.07, 6.45) is 1.58. The molecule has 144 valence electrons. The van der Waals surface area contributed by atoms with Gasteiger partial charge in [-0.15, -0.1) is 0 Å². The van der Waals surface area contributed by atoms with Gasteiger partial charge in [0.05, 0.1) is 33.9 Å². The quantitative estimate of drug-likeness (QED) is 0.671. The Hall–Kier alpha value is -2.86. The molecule has 1 aliphatic rings. The van der Waals surface area contributed by atoms with Crippen molar-refractivity contribution in [1.29, 1.82) is 0 Å². The lowest BCUT2D eigenvalue weighted by Crippen LogP contribution is -2.49. The third kappa shape index (κ3) is 3.47. The summed E-state index contributed by atoms with van der Waals surface area (Å²) >= 11 is 6.29. The number of piperazine rings is 1. The Morgan fingerprint density at radius 2 is 1.71 bits per heavy atom. The molecule has 3 aromatic rings. The van der Waals surface area contributed by atoms with E-state index in [2.05, 4.69) is 10.00 Å². The van der Waals surface area contributed by atoms with Gasteiger partial charge >= 0.3 is 0 Å². The van der Waals surface area contributed by atoms with E-state index in [1.54, 1.807) is 23.0 Å². The van der Waals surface area contributed by atoms with Gasteiger partial charge in [-0.05, 0) is 43.3 Å². The second-order valence-corrected chi connectivity index (χ2v) is 7.17. The molecule has 28 heavy (non-hydrogen) atoms. The van der Waals surface area contributed by atoms with E-state index < -0.39 is 0 Å². The lowest BCUT2D eigenvalue weighted by Gasteiger charge is -2.36. The molecule has 0 aliphatic carbocycles. The lowest BCUT2D eigenvalue weighted by molar-refractivity contribution is 0.0746. The van der Waals surface area contributed by atoms with Gasteiger partial charge < -0.3 is 9.80 Å². The first-order chi connectivity index (χ1) is 13.5. The third-order valence-corrected chi connectivity index (χ3v) is 5.39. The van der Waals surface area contributed by atoms with Gasteiger partial charge in [0.1, 0.15) is 5.82 Å². The first-order valence-electron chi connectivity index (χ1n) is 9.14. The van der Waals surface area contributed by atoms with Crippen molar-refractivity contribution in [1.82, 2.24) is 14.7 Å². The van der Waals surface area contributed by atoms with Crippen molar-refractivity contribution in [3.63, 3.8) is 0 Å². The average Bonchev–Trinajstić information content (AvgIpc) is 3.10. The van der Waals surface area contributed by atoms with Crippen LogP contribution < -0.4 is 4.90 Å². The number of carbonyl (C=O) groups excluding carboxylic acids is 1. The summed E-state index contributed by atoms with van der Waals surface area (Å²) in [5, 5.41) is 5.05. The van der Waals surface area contributed by atoms with Crippen LogP contribution in [0, 0.1) is 12.7 Å².